The molecule has 2 aromatic carbocycles. The van der Waals surface area contributed by atoms with E-state index in [0.717, 1.165) is 23.1 Å². The van der Waals surface area contributed by atoms with Gasteiger partial charge in [-0.2, -0.15) is 0 Å². The first-order valence-corrected chi connectivity index (χ1v) is 11.1. The van der Waals surface area contributed by atoms with Crippen LogP contribution in [0.5, 0.6) is 5.75 Å². The summed E-state index contributed by atoms with van der Waals surface area (Å²) in [5.74, 6) is 0.905. The third-order valence-electron chi connectivity index (χ3n) is 4.72. The molecule has 0 fully saturated rings. The minimum absolute atomic E-state index is 0.236. The first-order valence-electron chi connectivity index (χ1n) is 10.2. The number of hydrogen-bond acceptors (Lipinski definition) is 6. The van der Waals surface area contributed by atoms with Crippen LogP contribution in [0.3, 0.4) is 0 Å². The van der Waals surface area contributed by atoms with Gasteiger partial charge in [-0.25, -0.2) is 9.97 Å². The summed E-state index contributed by atoms with van der Waals surface area (Å²) in [6.07, 6.45) is 0.830. The van der Waals surface area contributed by atoms with Crippen molar-refractivity contribution in [3.63, 3.8) is 0 Å². The Balaban J connectivity index is 1.49. The first-order chi connectivity index (χ1) is 15.2. The molecule has 4 aromatic rings. The molecule has 160 valence electrons. The summed E-state index contributed by atoms with van der Waals surface area (Å²) in [5.41, 5.74) is 4.96. The topological polar surface area (TPSA) is 78.3 Å². The van der Waals surface area contributed by atoms with Gasteiger partial charge in [0, 0.05) is 30.7 Å². The van der Waals surface area contributed by atoms with E-state index in [9.17, 15) is 4.79 Å². The molecule has 4 rings (SSSR count). The molecule has 0 aliphatic carbocycles. The molecule has 0 saturated carbocycles. The fraction of sp³-hybridized carbons (Fsp3) is 0.261. The molecule has 0 saturated heterocycles. The van der Waals surface area contributed by atoms with Gasteiger partial charge in [-0.3, -0.25) is 10.1 Å². The lowest BCUT2D eigenvalue weighted by Crippen LogP contribution is -2.16. The van der Waals surface area contributed by atoms with Crippen LogP contribution in [0.4, 0.5) is 5.95 Å². The predicted octanol–water partition coefficient (Wildman–Crippen LogP) is 4.75. The predicted molar refractivity (Wildman–Crippen MR) is 122 cm³/mol. The molecule has 0 atom stereocenters. The standard InChI is InChI=1S/C23H24N4O3S/c1-2-29-12-6-11-27-21-10-4-3-9-20(21)25-23(27)26-22(28)17-7-5-8-19(13-17)30-14-18-15-31-16-24-18/h3-5,7-10,13,15-16H,2,6,11-12,14H2,1H3,(H,25,26,28). The average Bonchev–Trinajstić information content (AvgIpc) is 3.43. The molecule has 2 aromatic heterocycles. The molecule has 0 aliphatic heterocycles. The molecular weight excluding hydrogens is 412 g/mol. The number of nitrogens with one attached hydrogen (secondary N) is 1. The van der Waals surface area contributed by atoms with Gasteiger partial charge >= 0.3 is 0 Å². The average molecular weight is 437 g/mol. The second-order valence-electron chi connectivity index (χ2n) is 6.88. The maximum atomic E-state index is 12.9. The Morgan fingerprint density at radius 3 is 2.94 bits per heavy atom. The summed E-state index contributed by atoms with van der Waals surface area (Å²) in [6, 6.07) is 15.0. The second kappa shape index (κ2) is 10.2. The van der Waals surface area contributed by atoms with E-state index in [1.54, 1.807) is 23.7 Å². The van der Waals surface area contributed by atoms with Crippen molar-refractivity contribution in [1.82, 2.24) is 14.5 Å². The van der Waals surface area contributed by atoms with Crippen LogP contribution in [0, 0.1) is 0 Å². The zero-order chi connectivity index (χ0) is 21.5. The van der Waals surface area contributed by atoms with Gasteiger partial charge in [0.15, 0.2) is 0 Å². The van der Waals surface area contributed by atoms with Crippen LogP contribution >= 0.6 is 11.3 Å². The Kier molecular flexibility index (Phi) is 6.91. The van der Waals surface area contributed by atoms with Crippen molar-refractivity contribution >= 4 is 34.2 Å². The quantitative estimate of drug-likeness (QED) is 0.363. The van der Waals surface area contributed by atoms with Crippen LogP contribution in [0.1, 0.15) is 29.4 Å². The first kappa shape index (κ1) is 21.0. The highest BCUT2D eigenvalue weighted by Crippen LogP contribution is 2.22. The number of carbonyl (C=O) groups is 1. The van der Waals surface area contributed by atoms with Crippen LogP contribution in [-0.2, 0) is 17.9 Å². The number of benzene rings is 2. The number of thiazole rings is 1. The molecule has 0 aliphatic rings. The maximum absolute atomic E-state index is 12.9. The van der Waals surface area contributed by atoms with E-state index in [2.05, 4.69) is 15.3 Å². The lowest BCUT2D eigenvalue weighted by atomic mass is 10.2. The van der Waals surface area contributed by atoms with Crippen LogP contribution in [0.15, 0.2) is 59.4 Å². The van der Waals surface area contributed by atoms with E-state index in [-0.39, 0.29) is 5.91 Å². The van der Waals surface area contributed by atoms with Gasteiger partial charge in [-0.05, 0) is 43.7 Å². The molecular formula is C23H24N4O3S. The Morgan fingerprint density at radius 2 is 2.10 bits per heavy atom. The van der Waals surface area contributed by atoms with Crippen LogP contribution in [0.25, 0.3) is 11.0 Å². The Labute approximate surface area is 184 Å². The lowest BCUT2D eigenvalue weighted by Gasteiger charge is -2.11. The smallest absolute Gasteiger partial charge is 0.258 e. The third kappa shape index (κ3) is 5.28. The maximum Gasteiger partial charge on any atom is 0.258 e. The molecule has 1 amide bonds. The van der Waals surface area contributed by atoms with Crippen LogP contribution in [0.2, 0.25) is 0 Å². The molecule has 8 heteroatoms. The van der Waals surface area contributed by atoms with Crippen molar-refractivity contribution in [3.8, 4) is 5.75 Å². The third-order valence-corrected chi connectivity index (χ3v) is 5.36. The van der Waals surface area contributed by atoms with E-state index in [1.807, 2.05) is 47.2 Å². The number of aromatic nitrogens is 3. The molecule has 0 radical (unpaired) electrons. The van der Waals surface area contributed by atoms with Crippen LogP contribution < -0.4 is 10.1 Å². The van der Waals surface area contributed by atoms with Crippen molar-refractivity contribution in [2.24, 2.45) is 0 Å². The minimum atomic E-state index is -0.236. The van der Waals surface area contributed by atoms with Gasteiger partial charge in [-0.15, -0.1) is 11.3 Å². The van der Waals surface area contributed by atoms with E-state index in [1.165, 1.54) is 11.3 Å². The summed E-state index contributed by atoms with van der Waals surface area (Å²) in [4.78, 5) is 21.8. The highest BCUT2D eigenvalue weighted by atomic mass is 32.1. The second-order valence-corrected chi connectivity index (χ2v) is 7.60. The molecule has 0 spiro atoms. The zero-order valence-corrected chi connectivity index (χ0v) is 18.1. The fourth-order valence-electron chi connectivity index (χ4n) is 3.23. The largest absolute Gasteiger partial charge is 0.487 e. The fourth-order valence-corrected chi connectivity index (χ4v) is 3.78. The normalized spacial score (nSPS) is 11.0. The van der Waals surface area contributed by atoms with Crippen molar-refractivity contribution < 1.29 is 14.3 Å². The van der Waals surface area contributed by atoms with Crippen molar-refractivity contribution in [2.75, 3.05) is 18.5 Å². The van der Waals surface area contributed by atoms with Gasteiger partial charge in [0.2, 0.25) is 5.95 Å². The van der Waals surface area contributed by atoms with Crippen molar-refractivity contribution in [2.45, 2.75) is 26.5 Å². The van der Waals surface area contributed by atoms with Gasteiger partial charge in [0.25, 0.3) is 5.91 Å². The summed E-state index contributed by atoms with van der Waals surface area (Å²) in [7, 11) is 0. The number of hydrogen-bond donors (Lipinski definition) is 1. The Morgan fingerprint density at radius 1 is 1.19 bits per heavy atom. The number of imidazole rings is 1. The minimum Gasteiger partial charge on any atom is -0.487 e. The molecule has 7 nitrogen and oxygen atoms in total. The summed E-state index contributed by atoms with van der Waals surface area (Å²) in [5, 5.41) is 4.90. The zero-order valence-electron chi connectivity index (χ0n) is 17.3. The number of fused-ring (bicyclic) bond motifs is 1. The van der Waals surface area contributed by atoms with E-state index >= 15 is 0 Å². The summed E-state index contributed by atoms with van der Waals surface area (Å²) in [6.45, 7) is 4.40. The highest BCUT2D eigenvalue weighted by molar-refractivity contribution is 7.07. The van der Waals surface area contributed by atoms with E-state index in [0.29, 0.717) is 43.6 Å². The Bertz CT molecular complexity index is 1140. The molecule has 0 unspecified atom stereocenters. The number of ether oxygens (including phenoxy) is 2. The van der Waals surface area contributed by atoms with Crippen molar-refractivity contribution in [1.29, 1.82) is 0 Å². The van der Waals surface area contributed by atoms with Gasteiger partial charge < -0.3 is 14.0 Å². The van der Waals surface area contributed by atoms with Gasteiger partial charge in [0.05, 0.1) is 22.2 Å². The highest BCUT2D eigenvalue weighted by Gasteiger charge is 2.15. The van der Waals surface area contributed by atoms with Crippen LogP contribution in [-0.4, -0.2) is 33.7 Å². The molecule has 1 N–H and O–H groups in total. The van der Waals surface area contributed by atoms with Crippen molar-refractivity contribution in [3.05, 3.63) is 70.7 Å². The lowest BCUT2D eigenvalue weighted by molar-refractivity contribution is 0.102. The Hall–Kier alpha value is -3.23. The summed E-state index contributed by atoms with van der Waals surface area (Å²) < 4.78 is 13.2. The SMILES string of the molecule is CCOCCCn1c(NC(=O)c2cccc(OCc3cscn3)c2)nc2ccccc21. The van der Waals surface area contributed by atoms with Gasteiger partial charge in [-0.1, -0.05) is 18.2 Å². The van der Waals surface area contributed by atoms with E-state index < -0.39 is 0 Å². The van der Waals surface area contributed by atoms with E-state index in [4.69, 9.17) is 9.47 Å². The number of carbonyl (C=O) groups excluding carboxylic acids is 1. The molecule has 0 bridgehead atoms. The number of nitrogens with zero attached hydrogens (tertiary/aromatic N) is 3. The number of anilines is 1. The van der Waals surface area contributed by atoms with Gasteiger partial charge in [0.1, 0.15) is 12.4 Å². The molecule has 31 heavy (non-hydrogen) atoms. The number of amides is 1. The number of para-hydroxylation sites is 2. The number of rotatable bonds is 10. The monoisotopic (exact) mass is 436 g/mol. The number of aryl methyl sites for hydroxylation is 1. The molecule has 2 heterocycles. The summed E-state index contributed by atoms with van der Waals surface area (Å²) >= 11 is 1.52.